The fraction of sp³-hybridized carbons (Fsp3) is 0. The van der Waals surface area contributed by atoms with Crippen LogP contribution in [0.4, 0.5) is 5.69 Å². The lowest BCUT2D eigenvalue weighted by Gasteiger charge is -2.26. The van der Waals surface area contributed by atoms with Crippen molar-refractivity contribution in [3.8, 4) is 50.8 Å². The van der Waals surface area contributed by atoms with Crippen LogP contribution in [0.2, 0.25) is 0 Å². The number of hydrogen-bond acceptors (Lipinski definition) is 4. The molecular weight excluding hydrogens is 953 g/mol. The van der Waals surface area contributed by atoms with Crippen molar-refractivity contribution in [3.63, 3.8) is 0 Å². The topological polar surface area (TPSA) is 51.1 Å². The molecule has 5 heterocycles. The van der Waals surface area contributed by atoms with E-state index >= 15 is 0 Å². The predicted molar refractivity (Wildman–Crippen MR) is 315 cm³/mol. The second-order valence-electron chi connectivity index (χ2n) is 19.2. The molecule has 346 valence electrons. The van der Waals surface area contributed by atoms with Gasteiger partial charge in [-0.2, -0.15) is 5.26 Å². The van der Waals surface area contributed by atoms with Gasteiger partial charge in [0.1, 0.15) is 17.2 Å². The van der Waals surface area contributed by atoms with Gasteiger partial charge in [-0.25, -0.2) is 4.85 Å². The van der Waals surface area contributed by atoms with E-state index in [2.05, 4.69) is 185 Å². The van der Waals surface area contributed by atoms with Gasteiger partial charge >= 0.3 is 0 Å². The van der Waals surface area contributed by atoms with Gasteiger partial charge in [0.05, 0.1) is 60.4 Å². The summed E-state index contributed by atoms with van der Waals surface area (Å²) in [6.07, 6.45) is 0. The summed E-state index contributed by atoms with van der Waals surface area (Å²) in [7, 11) is 0. The van der Waals surface area contributed by atoms with Crippen LogP contribution in [0.5, 0.6) is 0 Å². The maximum atomic E-state index is 12.3. The third-order valence-electron chi connectivity index (χ3n) is 15.4. The molecule has 0 amide bonds. The number of aromatic nitrogens is 2. The molecular formula is C68H36N4OS2. The van der Waals surface area contributed by atoms with Crippen LogP contribution >= 0.6 is 22.7 Å². The summed E-state index contributed by atoms with van der Waals surface area (Å²) in [4.78, 5) is 4.71. The Morgan fingerprint density at radius 2 is 0.880 bits per heavy atom. The smallest absolute Gasteiger partial charge is 0.220 e. The number of thiophene rings is 2. The van der Waals surface area contributed by atoms with Gasteiger partial charge in [-0.05, 0) is 47.0 Å². The molecule has 11 aromatic carbocycles. The van der Waals surface area contributed by atoms with E-state index in [0.29, 0.717) is 22.5 Å². The quantitative estimate of drug-likeness (QED) is 0.161. The predicted octanol–water partition coefficient (Wildman–Crippen LogP) is 19.9. The average molecular weight is 989 g/mol. The first-order chi connectivity index (χ1) is 37.2. The van der Waals surface area contributed by atoms with Gasteiger partial charge in [-0.3, -0.25) is 0 Å². The monoisotopic (exact) mass is 988 g/mol. The van der Waals surface area contributed by atoms with Crippen LogP contribution in [-0.2, 0) is 0 Å². The highest BCUT2D eigenvalue weighted by atomic mass is 32.1. The summed E-state index contributed by atoms with van der Waals surface area (Å²) in [6.45, 7) is 9.65. The summed E-state index contributed by atoms with van der Waals surface area (Å²) < 4.78 is 16.2. The average Bonchev–Trinajstić information content (AvgIpc) is 4.30. The summed E-state index contributed by atoms with van der Waals surface area (Å²) >= 11 is 3.59. The van der Waals surface area contributed by atoms with E-state index in [0.717, 1.165) is 119 Å². The highest BCUT2D eigenvalue weighted by Gasteiger charge is 2.34. The Kier molecular flexibility index (Phi) is 8.85. The Labute approximate surface area is 436 Å². The van der Waals surface area contributed by atoms with Gasteiger partial charge in [0.15, 0.2) is 0 Å². The van der Waals surface area contributed by atoms with Crippen LogP contribution in [0, 0.1) is 17.9 Å². The van der Waals surface area contributed by atoms with Crippen molar-refractivity contribution in [2.24, 2.45) is 0 Å². The molecule has 0 radical (unpaired) electrons. The number of fused-ring (bicyclic) bond motifs is 18. The molecule has 7 heteroatoms. The van der Waals surface area contributed by atoms with Gasteiger partial charge in [0.2, 0.25) is 5.69 Å². The summed E-state index contributed by atoms with van der Waals surface area (Å²) in [6, 6.07) is 79.5. The maximum absolute atomic E-state index is 12.3. The van der Waals surface area contributed by atoms with Crippen LogP contribution in [-0.4, -0.2) is 9.13 Å². The molecule has 5 aromatic heterocycles. The normalized spacial score (nSPS) is 12.0. The van der Waals surface area contributed by atoms with E-state index in [1.54, 1.807) is 22.7 Å². The van der Waals surface area contributed by atoms with Crippen LogP contribution < -0.4 is 0 Å². The minimum Gasteiger partial charge on any atom is -0.456 e. The first-order valence-corrected chi connectivity index (χ1v) is 26.6. The Morgan fingerprint density at radius 1 is 0.400 bits per heavy atom. The summed E-state index contributed by atoms with van der Waals surface area (Å²) in [5.41, 5.74) is 12.7. The summed E-state index contributed by atoms with van der Waals surface area (Å²) in [5.74, 6) is 0. The molecule has 16 aromatic rings. The fourth-order valence-corrected chi connectivity index (χ4v) is 14.8. The fourth-order valence-electron chi connectivity index (χ4n) is 12.3. The van der Waals surface area contributed by atoms with Gasteiger partial charge < -0.3 is 13.6 Å². The Morgan fingerprint density at radius 3 is 1.49 bits per heavy atom. The van der Waals surface area contributed by atoms with Crippen LogP contribution in [0.3, 0.4) is 0 Å². The highest BCUT2D eigenvalue weighted by Crippen LogP contribution is 2.56. The molecule has 0 spiro atoms. The van der Waals surface area contributed by atoms with Gasteiger partial charge in [-0.15, -0.1) is 22.7 Å². The second-order valence-corrected chi connectivity index (χ2v) is 21.3. The molecule has 0 saturated carbocycles. The highest BCUT2D eigenvalue weighted by molar-refractivity contribution is 7.27. The molecule has 0 saturated heterocycles. The second kappa shape index (κ2) is 15.9. The largest absolute Gasteiger partial charge is 0.456 e. The molecule has 16 rings (SSSR count). The Hall–Kier alpha value is -9.76. The SMILES string of the molecule is [C-]#[N+]c1c(-c2ccccc2)c(C#N)c(-n2c3c(-c4ccccc4)cccc3c3ccc4oc5ccccc5c4c32)c(-c2ccccc2)c1-n1c2c(ccc3c4ccccc4sc32)c2ccc3c4ccccc4sc3c21. The van der Waals surface area contributed by atoms with Crippen molar-refractivity contribution in [2.45, 2.75) is 0 Å². The zero-order valence-electron chi connectivity index (χ0n) is 39.8. The number of furan rings is 1. The zero-order chi connectivity index (χ0) is 49.5. The number of rotatable bonds is 5. The number of nitrogens with zero attached hydrogens (tertiary/aromatic N) is 4. The van der Waals surface area contributed by atoms with Gasteiger partial charge in [-0.1, -0.05) is 188 Å². The molecule has 0 bridgehead atoms. The lowest BCUT2D eigenvalue weighted by molar-refractivity contribution is 0.669. The van der Waals surface area contributed by atoms with Crippen LogP contribution in [0.1, 0.15) is 5.56 Å². The summed E-state index contributed by atoms with van der Waals surface area (Å²) in [5, 5.41) is 23.2. The zero-order valence-corrected chi connectivity index (χ0v) is 41.4. The van der Waals surface area contributed by atoms with Crippen molar-refractivity contribution < 1.29 is 4.42 Å². The third-order valence-corrected chi connectivity index (χ3v) is 17.8. The standard InChI is InChI=1S/C68H36N4OS2/c1-70-60-57(40-20-7-3-8-21-40)52(38-69)63(71-61-42(39-18-5-2-6-19-39)27-17-28-45(61)46-36-37-54-59(62(46)71)51-26-11-14-29-53(51)73-54)58(41-22-9-4-10-23-41)66(60)72-64-47(32-34-49-43-24-12-15-30-55(43)74-67(49)64)48-33-35-50-44-25-13-16-31-56(44)75-68(50)65(48)72/h2-37H. The number of para-hydroxylation sites is 2. The van der Waals surface area contributed by atoms with Gasteiger partial charge in [0.25, 0.3) is 0 Å². The van der Waals surface area contributed by atoms with E-state index < -0.39 is 0 Å². The lowest BCUT2D eigenvalue weighted by atomic mass is 9.88. The Balaban J connectivity index is 1.24. The van der Waals surface area contributed by atoms with Crippen molar-refractivity contribution in [1.29, 1.82) is 5.26 Å². The van der Waals surface area contributed by atoms with E-state index in [1.165, 1.54) is 20.2 Å². The van der Waals surface area contributed by atoms with Crippen molar-refractivity contribution in [3.05, 3.63) is 235 Å². The minimum atomic E-state index is 0.401. The molecule has 0 aliphatic heterocycles. The number of nitriles is 1. The molecule has 5 nitrogen and oxygen atoms in total. The van der Waals surface area contributed by atoms with Crippen LogP contribution in [0.25, 0.3) is 155 Å². The van der Waals surface area contributed by atoms with E-state index in [4.69, 9.17) is 9.26 Å². The molecule has 0 unspecified atom stereocenters. The van der Waals surface area contributed by atoms with E-state index in [9.17, 15) is 11.8 Å². The van der Waals surface area contributed by atoms with E-state index in [-0.39, 0.29) is 0 Å². The van der Waals surface area contributed by atoms with E-state index in [1.807, 2.05) is 48.5 Å². The van der Waals surface area contributed by atoms with Gasteiger partial charge in [0, 0.05) is 74.6 Å². The molecule has 75 heavy (non-hydrogen) atoms. The molecule has 0 aliphatic carbocycles. The Bertz CT molecular complexity index is 5070. The molecule has 0 N–H and O–H groups in total. The number of benzene rings is 11. The maximum Gasteiger partial charge on any atom is 0.220 e. The minimum absolute atomic E-state index is 0.401. The van der Waals surface area contributed by atoms with Crippen molar-refractivity contribution in [1.82, 2.24) is 9.13 Å². The molecule has 0 aliphatic rings. The number of hydrogen-bond donors (Lipinski definition) is 0. The van der Waals surface area contributed by atoms with Crippen molar-refractivity contribution in [2.75, 3.05) is 0 Å². The van der Waals surface area contributed by atoms with Crippen LogP contribution in [0.15, 0.2) is 223 Å². The first kappa shape index (κ1) is 41.8. The lowest BCUT2D eigenvalue weighted by Crippen LogP contribution is -2.09. The molecule has 0 atom stereocenters. The van der Waals surface area contributed by atoms with Crippen molar-refractivity contribution >= 4 is 134 Å². The third kappa shape index (κ3) is 5.74. The first-order valence-electron chi connectivity index (χ1n) is 24.9. The molecule has 0 fully saturated rings.